The van der Waals surface area contributed by atoms with Gasteiger partial charge in [0.05, 0.1) is 4.90 Å². The molecule has 3 amide bonds. The maximum atomic E-state index is 13.8. The van der Waals surface area contributed by atoms with Crippen molar-refractivity contribution in [3.8, 4) is 0 Å². The molecule has 43 heavy (non-hydrogen) atoms. The molecular weight excluding hydrogens is 574 g/mol. The first kappa shape index (κ1) is 30.8. The highest BCUT2D eigenvalue weighted by Gasteiger charge is 2.38. The minimum atomic E-state index is -4.01. The van der Waals surface area contributed by atoms with E-state index in [1.807, 2.05) is 65.5 Å². The van der Waals surface area contributed by atoms with Gasteiger partial charge in [0.1, 0.15) is 18.7 Å². The normalized spacial score (nSPS) is 15.2. The van der Waals surface area contributed by atoms with Gasteiger partial charge in [-0.25, -0.2) is 4.79 Å². The van der Waals surface area contributed by atoms with Crippen molar-refractivity contribution in [2.45, 2.75) is 42.8 Å². The lowest BCUT2D eigenvalue weighted by Crippen LogP contribution is -2.53. The summed E-state index contributed by atoms with van der Waals surface area (Å²) in [6, 6.07) is 22.0. The second-order valence-electron chi connectivity index (χ2n) is 9.78. The summed E-state index contributed by atoms with van der Waals surface area (Å²) in [6.45, 7) is 0.370. The average molecular weight is 608 g/mol. The maximum absolute atomic E-state index is 13.8. The summed E-state index contributed by atoms with van der Waals surface area (Å²) in [4.78, 5) is 43.0. The number of nitrogens with two attached hydrogens (primary N) is 2. The monoisotopic (exact) mass is 607 g/mol. The summed E-state index contributed by atoms with van der Waals surface area (Å²) in [6.07, 6.45) is 0.467. The zero-order chi connectivity index (χ0) is 30.8. The number of hydrogen-bond acceptors (Lipinski definition) is 7. The van der Waals surface area contributed by atoms with Gasteiger partial charge in [-0.2, -0.15) is 13.2 Å². The molecule has 3 aromatic rings. The van der Waals surface area contributed by atoms with Crippen LogP contribution in [0.25, 0.3) is 0 Å². The Morgan fingerprint density at radius 3 is 2.19 bits per heavy atom. The Labute approximate surface area is 249 Å². The Balaban J connectivity index is 1.43. The van der Waals surface area contributed by atoms with E-state index in [0.29, 0.717) is 25.1 Å². The highest BCUT2D eigenvalue weighted by atomic mass is 32.2. The largest absolute Gasteiger partial charge is 0.445 e. The molecule has 14 heteroatoms. The van der Waals surface area contributed by atoms with Gasteiger partial charge in [0.2, 0.25) is 17.8 Å². The van der Waals surface area contributed by atoms with E-state index >= 15 is 0 Å². The van der Waals surface area contributed by atoms with E-state index in [-0.39, 0.29) is 17.9 Å². The first-order valence-electron chi connectivity index (χ1n) is 13.5. The van der Waals surface area contributed by atoms with E-state index in [2.05, 4.69) is 15.7 Å². The molecule has 0 aliphatic carbocycles. The highest BCUT2D eigenvalue weighted by Crippen LogP contribution is 2.22. The van der Waals surface area contributed by atoms with Crippen LogP contribution in [0.4, 0.5) is 10.5 Å². The summed E-state index contributed by atoms with van der Waals surface area (Å²) < 4.78 is 29.9. The molecule has 1 heterocycles. The molecule has 1 aliphatic heterocycles. The number of benzene rings is 3. The van der Waals surface area contributed by atoms with E-state index < -0.39 is 46.0 Å². The van der Waals surface area contributed by atoms with E-state index in [1.165, 1.54) is 29.2 Å². The molecule has 0 aromatic heterocycles. The zero-order valence-corrected chi connectivity index (χ0v) is 24.0. The molecule has 7 N–H and O–H groups in total. The van der Waals surface area contributed by atoms with Crippen LogP contribution in [0, 0.1) is 0 Å². The predicted octanol–water partition coefficient (Wildman–Crippen LogP) is 1.62. The number of sulfonamides is 1. The number of hydrogen-bond donors (Lipinski definition) is 5. The van der Waals surface area contributed by atoms with E-state index in [4.69, 9.17) is 16.2 Å². The Bertz CT molecular complexity index is 1550. The van der Waals surface area contributed by atoms with Gasteiger partial charge in [-0.15, -0.1) is 5.10 Å². The van der Waals surface area contributed by atoms with Crippen molar-refractivity contribution in [3.05, 3.63) is 96.1 Å². The molecule has 1 fully saturated rings. The number of anilines is 1. The van der Waals surface area contributed by atoms with Crippen molar-refractivity contribution in [1.82, 2.24) is 15.0 Å². The van der Waals surface area contributed by atoms with Crippen molar-refractivity contribution in [3.63, 3.8) is 0 Å². The standard InChI is InChI=1S/C29H33N7O6S/c30-28(31)34-35-43(40,41)23-15-13-22(14-16-23)32-26(37)25-12-7-17-36(25)27(38)24(18-20-8-3-1-4-9-20)33-29(39)42-19-21-10-5-2-6-11-21/h1-6,8-11,13-16,24-25,35H,7,12,17-19H2,(H,32,37)(H,33,39)(H4,30,31,34)/t24-,25+/m1/s1. The van der Waals surface area contributed by atoms with Crippen LogP contribution in [0.15, 0.2) is 94.9 Å². The van der Waals surface area contributed by atoms with Crippen LogP contribution in [0.1, 0.15) is 24.0 Å². The van der Waals surface area contributed by atoms with Crippen molar-refractivity contribution < 1.29 is 27.5 Å². The molecule has 2 atom stereocenters. The topological polar surface area (TPSA) is 198 Å². The number of amides is 3. The minimum Gasteiger partial charge on any atom is -0.445 e. The van der Waals surface area contributed by atoms with Gasteiger partial charge in [0.15, 0.2) is 0 Å². The number of hydrazone groups is 1. The third-order valence-corrected chi connectivity index (χ3v) is 7.88. The number of alkyl carbamates (subject to hydrolysis) is 1. The van der Waals surface area contributed by atoms with Gasteiger partial charge in [-0.3, -0.25) is 9.59 Å². The van der Waals surface area contributed by atoms with Crippen LogP contribution in [0.5, 0.6) is 0 Å². The van der Waals surface area contributed by atoms with Crippen LogP contribution < -0.4 is 26.9 Å². The van der Waals surface area contributed by atoms with Crippen LogP contribution >= 0.6 is 0 Å². The van der Waals surface area contributed by atoms with E-state index in [9.17, 15) is 22.8 Å². The first-order chi connectivity index (χ1) is 20.6. The molecular formula is C29H33N7O6S. The smallest absolute Gasteiger partial charge is 0.408 e. The zero-order valence-electron chi connectivity index (χ0n) is 23.2. The average Bonchev–Trinajstić information content (AvgIpc) is 3.50. The summed E-state index contributed by atoms with van der Waals surface area (Å²) in [5, 5.41) is 8.72. The maximum Gasteiger partial charge on any atom is 0.408 e. The fraction of sp³-hybridized carbons (Fsp3) is 0.241. The van der Waals surface area contributed by atoms with Gasteiger partial charge >= 0.3 is 6.09 Å². The number of ether oxygens (including phenoxy) is 1. The van der Waals surface area contributed by atoms with Gasteiger partial charge in [0, 0.05) is 18.7 Å². The molecule has 4 rings (SSSR count). The summed E-state index contributed by atoms with van der Waals surface area (Å²) in [5.74, 6) is -1.30. The number of nitrogens with zero attached hydrogens (tertiary/aromatic N) is 2. The molecule has 1 aliphatic rings. The van der Waals surface area contributed by atoms with E-state index in [0.717, 1.165) is 11.1 Å². The van der Waals surface area contributed by atoms with Crippen LogP contribution in [0.2, 0.25) is 0 Å². The number of rotatable bonds is 11. The summed E-state index contributed by atoms with van der Waals surface area (Å²) in [7, 11) is -4.01. The third kappa shape index (κ3) is 8.69. The molecule has 0 unspecified atom stereocenters. The molecule has 0 radical (unpaired) electrons. The van der Waals surface area contributed by atoms with Crippen molar-refractivity contribution in [2.24, 2.45) is 16.6 Å². The first-order valence-corrected chi connectivity index (χ1v) is 14.9. The lowest BCUT2D eigenvalue weighted by atomic mass is 10.0. The van der Waals surface area contributed by atoms with Crippen LogP contribution in [-0.2, 0) is 37.4 Å². The number of guanidine groups is 1. The number of nitrogens with one attached hydrogen (secondary N) is 3. The lowest BCUT2D eigenvalue weighted by Gasteiger charge is -2.28. The second-order valence-corrected chi connectivity index (χ2v) is 11.4. The number of carbonyl (C=O) groups excluding carboxylic acids is 3. The SMILES string of the molecule is NC(N)=NNS(=O)(=O)c1ccc(NC(=O)[C@@H]2CCCN2C(=O)[C@@H](Cc2ccccc2)NC(=O)OCc2ccccc2)cc1. The van der Waals surface area contributed by atoms with Crippen molar-refractivity contribution in [1.29, 1.82) is 0 Å². The highest BCUT2D eigenvalue weighted by molar-refractivity contribution is 7.89. The molecule has 3 aromatic carbocycles. The molecule has 0 saturated carbocycles. The fourth-order valence-corrected chi connectivity index (χ4v) is 5.39. The number of likely N-dealkylation sites (tertiary alicyclic amines) is 1. The molecule has 226 valence electrons. The quantitative estimate of drug-likeness (QED) is 0.123. The van der Waals surface area contributed by atoms with Gasteiger partial charge in [-0.1, -0.05) is 60.7 Å². The molecule has 1 saturated heterocycles. The Morgan fingerprint density at radius 2 is 1.56 bits per heavy atom. The van der Waals surface area contributed by atoms with E-state index in [1.54, 1.807) is 0 Å². The Morgan fingerprint density at radius 1 is 0.930 bits per heavy atom. The van der Waals surface area contributed by atoms with Crippen molar-refractivity contribution in [2.75, 3.05) is 11.9 Å². The Kier molecular flexibility index (Phi) is 10.2. The summed E-state index contributed by atoms with van der Waals surface area (Å²) >= 11 is 0. The van der Waals surface area contributed by atoms with Gasteiger partial charge in [0.25, 0.3) is 10.0 Å². The fourth-order valence-electron chi connectivity index (χ4n) is 4.57. The van der Waals surface area contributed by atoms with Gasteiger partial charge < -0.3 is 31.7 Å². The second kappa shape index (κ2) is 14.2. The lowest BCUT2D eigenvalue weighted by molar-refractivity contribution is -0.138. The van der Waals surface area contributed by atoms with Crippen LogP contribution in [-0.4, -0.2) is 55.8 Å². The Hall–Kier alpha value is -5.11. The molecule has 13 nitrogen and oxygen atoms in total. The summed E-state index contributed by atoms with van der Waals surface area (Å²) in [5.41, 5.74) is 12.3. The van der Waals surface area contributed by atoms with Crippen LogP contribution in [0.3, 0.4) is 0 Å². The number of carbonyl (C=O) groups is 3. The third-order valence-electron chi connectivity index (χ3n) is 6.65. The van der Waals surface area contributed by atoms with Gasteiger partial charge in [-0.05, 0) is 48.2 Å². The molecule has 0 spiro atoms. The predicted molar refractivity (Wildman–Crippen MR) is 160 cm³/mol. The van der Waals surface area contributed by atoms with Crippen molar-refractivity contribution >= 4 is 39.6 Å². The molecule has 0 bridgehead atoms. The minimum absolute atomic E-state index is 0.0398.